The highest BCUT2D eigenvalue weighted by Crippen LogP contribution is 2.37. The summed E-state index contributed by atoms with van der Waals surface area (Å²) in [6.07, 6.45) is 7.26. The van der Waals surface area contributed by atoms with Crippen LogP contribution in [0, 0.1) is 0 Å². The lowest BCUT2D eigenvalue weighted by molar-refractivity contribution is 0.0990. The molecule has 228 valence electrons. The molecular weight excluding hydrogens is 588 g/mol. The molecule has 0 aliphatic heterocycles. The van der Waals surface area contributed by atoms with E-state index in [2.05, 4.69) is 114 Å². The molecule has 1 aliphatic rings. The predicted octanol–water partition coefficient (Wildman–Crippen LogP) is 10.8. The number of hydrogen-bond acceptors (Lipinski definition) is 3. The van der Waals surface area contributed by atoms with Crippen LogP contribution in [0.5, 0.6) is 0 Å². The van der Waals surface area contributed by atoms with E-state index < -0.39 is 0 Å². The molecule has 48 heavy (non-hydrogen) atoms. The van der Waals surface area contributed by atoms with Crippen LogP contribution in [0.1, 0.15) is 26.3 Å². The minimum atomic E-state index is -0.226. The van der Waals surface area contributed by atoms with Gasteiger partial charge in [0.2, 0.25) is 0 Å². The second-order valence-corrected chi connectivity index (χ2v) is 11.8. The Morgan fingerprint density at radius 2 is 1.21 bits per heavy atom. The number of anilines is 2. The fourth-order valence-electron chi connectivity index (χ4n) is 6.82. The Hall–Kier alpha value is -6.52. The van der Waals surface area contributed by atoms with Crippen molar-refractivity contribution >= 4 is 61.6 Å². The summed E-state index contributed by atoms with van der Waals surface area (Å²) in [5, 5.41) is 4.44. The molecule has 0 saturated heterocycles. The summed E-state index contributed by atoms with van der Waals surface area (Å²) in [6, 6.07) is 44.8. The van der Waals surface area contributed by atoms with E-state index in [9.17, 15) is 9.59 Å². The molecule has 1 aliphatic carbocycles. The molecule has 6 aromatic carbocycles. The van der Waals surface area contributed by atoms with Crippen molar-refractivity contribution in [2.45, 2.75) is 0 Å². The maximum absolute atomic E-state index is 13.0. The van der Waals surface area contributed by atoms with Crippen molar-refractivity contribution in [1.82, 2.24) is 4.57 Å². The molecule has 1 heterocycles. The number of carbonyl (C=O) groups excluding carboxylic acids is 2. The number of carbonyl (C=O) groups is 2. The van der Waals surface area contributed by atoms with Gasteiger partial charge >= 0.3 is 0 Å². The molecule has 7 aromatic rings. The lowest BCUT2D eigenvalue weighted by Gasteiger charge is -2.27. The minimum absolute atomic E-state index is 0.201. The third kappa shape index (κ3) is 4.70. The van der Waals surface area contributed by atoms with Gasteiger partial charge in [0, 0.05) is 44.7 Å². The number of para-hydroxylation sites is 2. The average Bonchev–Trinajstić information content (AvgIpc) is 3.59. The number of allylic oxidation sites excluding steroid dienone is 4. The summed E-state index contributed by atoms with van der Waals surface area (Å²) in [4.78, 5) is 28.1. The summed E-state index contributed by atoms with van der Waals surface area (Å²) >= 11 is 0. The zero-order valence-corrected chi connectivity index (χ0v) is 26.1. The van der Waals surface area contributed by atoms with Crippen LogP contribution >= 0.6 is 0 Å². The van der Waals surface area contributed by atoms with E-state index in [1.54, 1.807) is 36.4 Å². The van der Waals surface area contributed by atoms with Gasteiger partial charge in [-0.1, -0.05) is 104 Å². The van der Waals surface area contributed by atoms with Crippen LogP contribution in [-0.4, -0.2) is 16.1 Å². The lowest BCUT2D eigenvalue weighted by atomic mass is 10.0. The minimum Gasteiger partial charge on any atom is -0.310 e. The highest BCUT2D eigenvalue weighted by molar-refractivity contribution is 6.41. The quantitative estimate of drug-likeness (QED) is 0.101. The third-order valence-corrected chi connectivity index (χ3v) is 9.00. The summed E-state index contributed by atoms with van der Waals surface area (Å²) in [6.45, 7) is 8.09. The molecule has 8 rings (SSSR count). The zero-order chi connectivity index (χ0) is 32.8. The Bertz CT molecular complexity index is 2460. The van der Waals surface area contributed by atoms with Gasteiger partial charge in [-0.2, -0.15) is 0 Å². The lowest BCUT2D eigenvalue weighted by Crippen LogP contribution is -2.15. The number of rotatable bonds is 7. The molecule has 0 radical (unpaired) electrons. The molecule has 0 saturated carbocycles. The summed E-state index contributed by atoms with van der Waals surface area (Å²) in [7, 11) is 0. The predicted molar refractivity (Wildman–Crippen MR) is 198 cm³/mol. The number of fused-ring (bicyclic) bond motifs is 5. The van der Waals surface area contributed by atoms with Gasteiger partial charge in [0.05, 0.1) is 16.6 Å². The van der Waals surface area contributed by atoms with E-state index in [4.69, 9.17) is 0 Å². The first-order chi connectivity index (χ1) is 23.6. The van der Waals surface area contributed by atoms with E-state index in [0.717, 1.165) is 50.1 Å². The van der Waals surface area contributed by atoms with Crippen LogP contribution in [0.2, 0.25) is 0 Å². The van der Waals surface area contributed by atoms with Gasteiger partial charge in [0.15, 0.2) is 11.6 Å². The van der Waals surface area contributed by atoms with E-state index in [1.807, 2.05) is 30.4 Å². The monoisotopic (exact) mass is 618 g/mol. The van der Waals surface area contributed by atoms with Crippen molar-refractivity contribution in [3.63, 3.8) is 0 Å². The largest absolute Gasteiger partial charge is 0.310 e. The Kier molecular flexibility index (Phi) is 7.04. The highest BCUT2D eigenvalue weighted by Gasteiger charge is 2.32. The standard InChI is InChI=1S/C44H30N2O2/c1-3-12-32(4-2)45(33-13-11-14-34(28-33)46-41-19-9-7-15-36(41)37-16-8-10-20-42(37)46)35-24-23-30-25-29(21-22-31(30)27-35)26-40-43(47)38-17-5-6-18-39(38)44(40)48/h3-28H,1-2H2/b32-12+. The topological polar surface area (TPSA) is 42.3 Å². The molecule has 0 unspecified atom stereocenters. The van der Waals surface area contributed by atoms with Gasteiger partial charge in [-0.25, -0.2) is 0 Å². The van der Waals surface area contributed by atoms with Gasteiger partial charge < -0.3 is 9.47 Å². The molecule has 0 fully saturated rings. The molecule has 0 spiro atoms. The Morgan fingerprint density at radius 1 is 0.604 bits per heavy atom. The van der Waals surface area contributed by atoms with Crippen molar-refractivity contribution < 1.29 is 9.59 Å². The molecular formula is C44H30N2O2. The van der Waals surface area contributed by atoms with E-state index >= 15 is 0 Å². The van der Waals surface area contributed by atoms with Crippen LogP contribution in [0.25, 0.3) is 44.3 Å². The number of ketones is 2. The molecule has 4 heteroatoms. The van der Waals surface area contributed by atoms with Crippen molar-refractivity contribution in [2.75, 3.05) is 4.90 Å². The molecule has 1 aromatic heterocycles. The maximum Gasteiger partial charge on any atom is 0.197 e. The Labute approximate surface area is 278 Å². The smallest absolute Gasteiger partial charge is 0.197 e. The number of hydrogen-bond donors (Lipinski definition) is 0. The number of nitrogens with zero attached hydrogens (tertiary/aromatic N) is 2. The first-order valence-electron chi connectivity index (χ1n) is 15.8. The second-order valence-electron chi connectivity index (χ2n) is 11.8. The summed E-state index contributed by atoms with van der Waals surface area (Å²) in [5.41, 5.74) is 8.08. The highest BCUT2D eigenvalue weighted by atomic mass is 16.2. The van der Waals surface area contributed by atoms with Gasteiger partial charge in [0.1, 0.15) is 0 Å². The van der Waals surface area contributed by atoms with Crippen molar-refractivity contribution in [2.24, 2.45) is 0 Å². The van der Waals surface area contributed by atoms with Gasteiger partial charge in [-0.05, 0) is 83.1 Å². The number of benzene rings is 6. The Balaban J connectivity index is 1.21. The van der Waals surface area contributed by atoms with Crippen molar-refractivity contribution in [3.8, 4) is 5.69 Å². The normalized spacial score (nSPS) is 12.9. The van der Waals surface area contributed by atoms with E-state index in [-0.39, 0.29) is 17.1 Å². The maximum atomic E-state index is 13.0. The fraction of sp³-hybridized carbons (Fsp3) is 0. The van der Waals surface area contributed by atoms with Crippen LogP contribution in [0.3, 0.4) is 0 Å². The second kappa shape index (κ2) is 11.7. The van der Waals surface area contributed by atoms with Crippen LogP contribution < -0.4 is 4.90 Å². The first-order valence-corrected chi connectivity index (χ1v) is 15.8. The van der Waals surface area contributed by atoms with Gasteiger partial charge in [-0.15, -0.1) is 0 Å². The van der Waals surface area contributed by atoms with Crippen LogP contribution in [-0.2, 0) is 0 Å². The number of Topliss-reactive ketones (excluding diaryl/α,β-unsaturated/α-hetero) is 2. The Morgan fingerprint density at radius 3 is 1.88 bits per heavy atom. The first kappa shape index (κ1) is 28.9. The van der Waals surface area contributed by atoms with Gasteiger partial charge in [-0.3, -0.25) is 9.59 Å². The SMILES string of the molecule is C=C/C=C(\C=C)N(c1cccc(-n2c3ccccc3c3ccccc32)c1)c1ccc2cc(C=C3C(=O)c4ccccc4C3=O)ccc2c1. The fourth-order valence-corrected chi connectivity index (χ4v) is 6.82. The third-order valence-electron chi connectivity index (χ3n) is 9.00. The average molecular weight is 619 g/mol. The summed E-state index contributed by atoms with van der Waals surface area (Å²) in [5.74, 6) is -0.452. The van der Waals surface area contributed by atoms with Crippen molar-refractivity contribution in [3.05, 3.63) is 193 Å². The number of aromatic nitrogens is 1. The molecule has 0 N–H and O–H groups in total. The summed E-state index contributed by atoms with van der Waals surface area (Å²) < 4.78 is 2.31. The molecule has 4 nitrogen and oxygen atoms in total. The molecule has 0 atom stereocenters. The van der Waals surface area contributed by atoms with Crippen molar-refractivity contribution in [1.29, 1.82) is 0 Å². The van der Waals surface area contributed by atoms with Crippen LogP contribution in [0.4, 0.5) is 11.4 Å². The molecule has 0 bridgehead atoms. The van der Waals surface area contributed by atoms with Crippen LogP contribution in [0.15, 0.2) is 176 Å². The van der Waals surface area contributed by atoms with E-state index in [1.165, 1.54) is 10.8 Å². The molecule has 0 amide bonds. The van der Waals surface area contributed by atoms with Gasteiger partial charge in [0.25, 0.3) is 0 Å². The van der Waals surface area contributed by atoms with E-state index in [0.29, 0.717) is 11.1 Å². The zero-order valence-electron chi connectivity index (χ0n) is 26.1.